The van der Waals surface area contributed by atoms with Gasteiger partial charge in [0.05, 0.1) is 11.7 Å². The van der Waals surface area contributed by atoms with Crippen LogP contribution in [-0.2, 0) is 0 Å². The summed E-state index contributed by atoms with van der Waals surface area (Å²) in [6.07, 6.45) is 3.04. The van der Waals surface area contributed by atoms with Crippen molar-refractivity contribution in [1.29, 1.82) is 0 Å². The highest BCUT2D eigenvalue weighted by Gasteiger charge is 2.16. The number of hydrogen-bond donors (Lipinski definition) is 1. The number of nitrogens with zero attached hydrogens (tertiary/aromatic N) is 1. The molecule has 58 valence electrons. The molecular formula is C8H10N2S. The molecule has 0 radical (unpaired) electrons. The summed E-state index contributed by atoms with van der Waals surface area (Å²) in [5, 5.41) is 0. The number of nitrogens with one attached hydrogen (secondary N) is 1. The van der Waals surface area contributed by atoms with Gasteiger partial charge in [-0.1, -0.05) is 18.0 Å². The van der Waals surface area contributed by atoms with Gasteiger partial charge in [-0.25, -0.2) is 0 Å². The summed E-state index contributed by atoms with van der Waals surface area (Å²) < 4.78 is 3.33. The predicted octanol–water partition coefficient (Wildman–Crippen LogP) is 1.76. The van der Waals surface area contributed by atoms with E-state index in [0.29, 0.717) is 6.04 Å². The van der Waals surface area contributed by atoms with Crippen molar-refractivity contribution in [2.24, 2.45) is 0 Å². The van der Waals surface area contributed by atoms with Crippen LogP contribution in [0.25, 0.3) is 0 Å². The molecule has 1 aromatic heterocycles. The van der Waals surface area contributed by atoms with E-state index in [-0.39, 0.29) is 0 Å². The highest BCUT2D eigenvalue weighted by atomic mass is 32.2. The van der Waals surface area contributed by atoms with Crippen LogP contribution in [0.1, 0.15) is 18.2 Å². The lowest BCUT2D eigenvalue weighted by atomic mass is 10.1. The van der Waals surface area contributed by atoms with Gasteiger partial charge < -0.3 is 0 Å². The quantitative estimate of drug-likeness (QED) is 0.643. The molecule has 0 bridgehead atoms. The molecule has 2 nitrogen and oxygen atoms in total. The Morgan fingerprint density at radius 2 is 2.55 bits per heavy atom. The molecule has 3 heteroatoms. The molecule has 11 heavy (non-hydrogen) atoms. The molecule has 0 amide bonds. The van der Waals surface area contributed by atoms with Gasteiger partial charge in [0.25, 0.3) is 0 Å². The standard InChI is InChI=1S/C8H10N2S/c1-2-5-9-7(3-1)8-4-6-11-10-8/h1-3,5,8,10H,4,6H2. The zero-order valence-electron chi connectivity index (χ0n) is 6.16. The van der Waals surface area contributed by atoms with E-state index in [1.54, 1.807) is 11.9 Å². The SMILES string of the molecule is c1ccc(C2CCSN2)nc1. The van der Waals surface area contributed by atoms with Crippen molar-refractivity contribution >= 4 is 11.9 Å². The van der Waals surface area contributed by atoms with E-state index < -0.39 is 0 Å². The van der Waals surface area contributed by atoms with E-state index >= 15 is 0 Å². The average Bonchev–Trinajstić information content (AvgIpc) is 2.58. The van der Waals surface area contributed by atoms with Crippen LogP contribution < -0.4 is 4.72 Å². The van der Waals surface area contributed by atoms with Crippen molar-refractivity contribution in [3.05, 3.63) is 30.1 Å². The van der Waals surface area contributed by atoms with Crippen LogP contribution in [0.15, 0.2) is 24.4 Å². The summed E-state index contributed by atoms with van der Waals surface area (Å²) in [6.45, 7) is 0. The minimum absolute atomic E-state index is 0.473. The van der Waals surface area contributed by atoms with Crippen LogP contribution in [0.2, 0.25) is 0 Å². The van der Waals surface area contributed by atoms with Crippen LogP contribution >= 0.6 is 11.9 Å². The zero-order valence-corrected chi connectivity index (χ0v) is 6.97. The van der Waals surface area contributed by atoms with E-state index in [1.165, 1.54) is 12.2 Å². The van der Waals surface area contributed by atoms with Gasteiger partial charge >= 0.3 is 0 Å². The van der Waals surface area contributed by atoms with E-state index in [9.17, 15) is 0 Å². The Morgan fingerprint density at radius 3 is 3.18 bits per heavy atom. The third kappa shape index (κ3) is 1.54. The number of rotatable bonds is 1. The van der Waals surface area contributed by atoms with Crippen molar-refractivity contribution in [3.8, 4) is 0 Å². The molecule has 2 rings (SSSR count). The van der Waals surface area contributed by atoms with E-state index in [4.69, 9.17) is 0 Å². The van der Waals surface area contributed by atoms with Crippen molar-refractivity contribution < 1.29 is 0 Å². The number of aromatic nitrogens is 1. The highest BCUT2D eigenvalue weighted by molar-refractivity contribution is 7.97. The smallest absolute Gasteiger partial charge is 0.0602 e. The predicted molar refractivity (Wildman–Crippen MR) is 47.2 cm³/mol. The minimum atomic E-state index is 0.473. The van der Waals surface area contributed by atoms with Gasteiger partial charge in [0, 0.05) is 11.9 Å². The number of pyridine rings is 1. The second-order valence-electron chi connectivity index (χ2n) is 2.56. The molecule has 1 atom stereocenters. The van der Waals surface area contributed by atoms with Gasteiger partial charge in [-0.2, -0.15) is 0 Å². The van der Waals surface area contributed by atoms with Crippen LogP contribution in [0.4, 0.5) is 0 Å². The summed E-state index contributed by atoms with van der Waals surface area (Å²) in [7, 11) is 0. The minimum Gasteiger partial charge on any atom is -0.260 e. The Kier molecular flexibility index (Phi) is 2.10. The molecule has 1 saturated heterocycles. The van der Waals surface area contributed by atoms with E-state index in [2.05, 4.69) is 15.8 Å². The monoisotopic (exact) mass is 166 g/mol. The molecule has 1 aliphatic heterocycles. The molecule has 1 aromatic rings. The van der Waals surface area contributed by atoms with E-state index in [1.807, 2.05) is 18.3 Å². The fourth-order valence-electron chi connectivity index (χ4n) is 1.19. The number of hydrogen-bond acceptors (Lipinski definition) is 3. The summed E-state index contributed by atoms with van der Waals surface area (Å²) in [4.78, 5) is 4.28. The van der Waals surface area contributed by atoms with Crippen molar-refractivity contribution in [1.82, 2.24) is 9.71 Å². The Bertz CT molecular complexity index is 219. The van der Waals surface area contributed by atoms with Gasteiger partial charge in [-0.15, -0.1) is 0 Å². The molecule has 0 saturated carbocycles. The van der Waals surface area contributed by atoms with Crippen LogP contribution in [0.3, 0.4) is 0 Å². The molecule has 2 heterocycles. The zero-order chi connectivity index (χ0) is 7.52. The Labute approximate surface area is 70.5 Å². The average molecular weight is 166 g/mol. The lowest BCUT2D eigenvalue weighted by Crippen LogP contribution is -2.08. The molecule has 0 spiro atoms. The second kappa shape index (κ2) is 3.24. The topological polar surface area (TPSA) is 24.9 Å². The molecule has 1 aliphatic rings. The first-order valence-electron chi connectivity index (χ1n) is 3.75. The molecule has 0 aromatic carbocycles. The van der Waals surface area contributed by atoms with Crippen LogP contribution in [0.5, 0.6) is 0 Å². The van der Waals surface area contributed by atoms with Crippen LogP contribution in [-0.4, -0.2) is 10.7 Å². The Hall–Kier alpha value is -0.540. The molecular weight excluding hydrogens is 156 g/mol. The third-order valence-electron chi connectivity index (χ3n) is 1.78. The molecule has 0 aliphatic carbocycles. The summed E-state index contributed by atoms with van der Waals surface area (Å²) in [5.41, 5.74) is 1.16. The summed E-state index contributed by atoms with van der Waals surface area (Å²) >= 11 is 1.79. The van der Waals surface area contributed by atoms with Crippen LogP contribution in [0, 0.1) is 0 Å². The molecule has 1 N–H and O–H groups in total. The summed E-state index contributed by atoms with van der Waals surface area (Å²) in [6, 6.07) is 6.53. The fourth-order valence-corrected chi connectivity index (χ4v) is 2.10. The summed E-state index contributed by atoms with van der Waals surface area (Å²) in [5.74, 6) is 1.20. The van der Waals surface area contributed by atoms with Gasteiger partial charge in [0.2, 0.25) is 0 Å². The lowest BCUT2D eigenvalue weighted by molar-refractivity contribution is 0.669. The first kappa shape index (κ1) is 7.13. The maximum atomic E-state index is 4.28. The largest absolute Gasteiger partial charge is 0.260 e. The second-order valence-corrected chi connectivity index (χ2v) is 3.49. The van der Waals surface area contributed by atoms with Gasteiger partial charge in [0.15, 0.2) is 0 Å². The van der Waals surface area contributed by atoms with Crippen molar-refractivity contribution in [3.63, 3.8) is 0 Å². The fraction of sp³-hybridized carbons (Fsp3) is 0.375. The molecule has 1 fully saturated rings. The Morgan fingerprint density at radius 1 is 1.55 bits per heavy atom. The maximum absolute atomic E-state index is 4.28. The maximum Gasteiger partial charge on any atom is 0.0602 e. The van der Waals surface area contributed by atoms with Gasteiger partial charge in [-0.05, 0) is 18.6 Å². The van der Waals surface area contributed by atoms with Gasteiger partial charge in [0.1, 0.15) is 0 Å². The van der Waals surface area contributed by atoms with Crippen molar-refractivity contribution in [2.75, 3.05) is 5.75 Å². The highest BCUT2D eigenvalue weighted by Crippen LogP contribution is 2.24. The normalized spacial score (nSPS) is 23.8. The first-order valence-corrected chi connectivity index (χ1v) is 4.73. The lowest BCUT2D eigenvalue weighted by Gasteiger charge is -2.06. The van der Waals surface area contributed by atoms with Gasteiger partial charge in [-0.3, -0.25) is 9.71 Å². The van der Waals surface area contributed by atoms with E-state index in [0.717, 1.165) is 5.69 Å². The third-order valence-corrected chi connectivity index (χ3v) is 2.67. The Balaban J connectivity index is 2.16. The first-order chi connectivity index (χ1) is 5.47. The van der Waals surface area contributed by atoms with Crippen molar-refractivity contribution in [2.45, 2.75) is 12.5 Å². The molecule has 1 unspecified atom stereocenters.